The Morgan fingerprint density at radius 1 is 1.10 bits per heavy atom. The first-order chi connectivity index (χ1) is 14.3. The highest BCUT2D eigenvalue weighted by Crippen LogP contribution is 2.21. The van der Waals surface area contributed by atoms with Gasteiger partial charge in [-0.05, 0) is 50.8 Å². The van der Waals surface area contributed by atoms with Crippen LogP contribution < -0.4 is 5.32 Å². The number of hydrogen-bond donors (Lipinski definition) is 1. The molecule has 1 fully saturated rings. The number of benzene rings is 2. The lowest BCUT2D eigenvalue weighted by molar-refractivity contribution is -0.140. The summed E-state index contributed by atoms with van der Waals surface area (Å²) in [4.78, 5) is 27.9. The first kappa shape index (κ1) is 22.4. The SMILES string of the molecule is Cc1cc(C)cc(CC(=O)N(Cc2ccccc2Cl)[C@H](C)C(=O)NC2CCCC2)c1. The minimum atomic E-state index is -0.569. The number of nitrogens with one attached hydrogen (secondary N) is 1. The van der Waals surface area contributed by atoms with E-state index in [9.17, 15) is 9.59 Å². The maximum Gasteiger partial charge on any atom is 0.242 e. The number of halogens is 1. The highest BCUT2D eigenvalue weighted by atomic mass is 35.5. The van der Waals surface area contributed by atoms with Crippen LogP contribution in [0, 0.1) is 13.8 Å². The summed E-state index contributed by atoms with van der Waals surface area (Å²) < 4.78 is 0. The van der Waals surface area contributed by atoms with Crippen molar-refractivity contribution >= 4 is 23.4 Å². The monoisotopic (exact) mass is 426 g/mol. The lowest BCUT2D eigenvalue weighted by atomic mass is 10.0. The summed E-state index contributed by atoms with van der Waals surface area (Å²) >= 11 is 6.36. The van der Waals surface area contributed by atoms with Crippen LogP contribution in [0.15, 0.2) is 42.5 Å². The van der Waals surface area contributed by atoms with Crippen LogP contribution in [0.25, 0.3) is 0 Å². The van der Waals surface area contributed by atoms with Gasteiger partial charge in [-0.15, -0.1) is 0 Å². The van der Waals surface area contributed by atoms with Gasteiger partial charge in [0.25, 0.3) is 0 Å². The Labute approximate surface area is 184 Å². The van der Waals surface area contributed by atoms with Crippen LogP contribution in [-0.4, -0.2) is 28.8 Å². The number of rotatable bonds is 7. The molecule has 0 radical (unpaired) electrons. The van der Waals surface area contributed by atoms with Crippen molar-refractivity contribution in [3.8, 4) is 0 Å². The Morgan fingerprint density at radius 2 is 1.73 bits per heavy atom. The van der Waals surface area contributed by atoms with Crippen LogP contribution in [0.4, 0.5) is 0 Å². The quantitative estimate of drug-likeness (QED) is 0.679. The van der Waals surface area contributed by atoms with Crippen LogP contribution in [-0.2, 0) is 22.6 Å². The number of carbonyl (C=O) groups excluding carboxylic acids is 2. The molecule has 0 heterocycles. The fourth-order valence-electron chi connectivity index (χ4n) is 4.23. The van der Waals surface area contributed by atoms with E-state index >= 15 is 0 Å². The molecular formula is C25H31ClN2O2. The molecule has 2 aromatic rings. The Balaban J connectivity index is 1.80. The Hall–Kier alpha value is -2.33. The fraction of sp³-hybridized carbons (Fsp3) is 0.440. The summed E-state index contributed by atoms with van der Waals surface area (Å²) in [6.45, 7) is 6.17. The van der Waals surface area contributed by atoms with Crippen LogP contribution in [0.5, 0.6) is 0 Å². The highest BCUT2D eigenvalue weighted by Gasteiger charge is 2.28. The first-order valence-electron chi connectivity index (χ1n) is 10.7. The van der Waals surface area contributed by atoms with Gasteiger partial charge in [0.2, 0.25) is 11.8 Å². The molecule has 1 atom stereocenters. The summed E-state index contributed by atoms with van der Waals surface area (Å²) in [5, 5.41) is 3.73. The number of nitrogens with zero attached hydrogens (tertiary/aromatic N) is 1. The van der Waals surface area contributed by atoms with Crippen molar-refractivity contribution in [1.29, 1.82) is 0 Å². The van der Waals surface area contributed by atoms with Crippen molar-refractivity contribution in [1.82, 2.24) is 10.2 Å². The van der Waals surface area contributed by atoms with Gasteiger partial charge in [-0.3, -0.25) is 9.59 Å². The molecule has 2 amide bonds. The normalized spacial score (nSPS) is 15.1. The number of hydrogen-bond acceptors (Lipinski definition) is 2. The number of amides is 2. The molecule has 0 saturated heterocycles. The van der Waals surface area contributed by atoms with Crippen LogP contribution in [0.3, 0.4) is 0 Å². The van der Waals surface area contributed by atoms with E-state index in [1.165, 1.54) is 0 Å². The van der Waals surface area contributed by atoms with E-state index < -0.39 is 6.04 Å². The van der Waals surface area contributed by atoms with Crippen molar-refractivity contribution in [3.05, 3.63) is 69.7 Å². The Bertz CT molecular complexity index is 886. The lowest BCUT2D eigenvalue weighted by Crippen LogP contribution is -2.50. The smallest absolute Gasteiger partial charge is 0.242 e. The van der Waals surface area contributed by atoms with Crippen LogP contribution >= 0.6 is 11.6 Å². The van der Waals surface area contributed by atoms with Crippen LogP contribution in [0.1, 0.15) is 54.9 Å². The van der Waals surface area contributed by atoms with Gasteiger partial charge in [-0.1, -0.05) is 72.0 Å². The molecule has 0 bridgehead atoms. The second-order valence-corrected chi connectivity index (χ2v) is 8.86. The highest BCUT2D eigenvalue weighted by molar-refractivity contribution is 6.31. The minimum Gasteiger partial charge on any atom is -0.352 e. The number of carbonyl (C=O) groups is 2. The van der Waals surface area contributed by atoms with E-state index in [4.69, 9.17) is 11.6 Å². The van der Waals surface area contributed by atoms with Crippen molar-refractivity contribution in [2.75, 3.05) is 0 Å². The third-order valence-corrected chi connectivity index (χ3v) is 6.17. The van der Waals surface area contributed by atoms with E-state index in [1.54, 1.807) is 11.8 Å². The molecule has 1 aliphatic carbocycles. The molecule has 1 N–H and O–H groups in total. The second kappa shape index (κ2) is 10.1. The summed E-state index contributed by atoms with van der Waals surface area (Å²) in [5.74, 6) is -0.170. The van der Waals surface area contributed by atoms with Crippen molar-refractivity contribution < 1.29 is 9.59 Å². The minimum absolute atomic E-state index is 0.0750. The Kier molecular flexibility index (Phi) is 7.54. The predicted molar refractivity (Wildman–Crippen MR) is 121 cm³/mol. The van der Waals surface area contributed by atoms with Gasteiger partial charge in [0.15, 0.2) is 0 Å². The van der Waals surface area contributed by atoms with E-state index in [-0.39, 0.29) is 24.3 Å². The number of aryl methyl sites for hydroxylation is 2. The molecule has 1 saturated carbocycles. The average Bonchev–Trinajstić information content (AvgIpc) is 3.19. The molecule has 4 nitrogen and oxygen atoms in total. The van der Waals surface area contributed by atoms with Crippen molar-refractivity contribution in [3.63, 3.8) is 0 Å². The molecular weight excluding hydrogens is 396 g/mol. The molecule has 0 aromatic heterocycles. The molecule has 3 rings (SSSR count). The fourth-order valence-corrected chi connectivity index (χ4v) is 4.43. The molecule has 0 aliphatic heterocycles. The van der Waals surface area contributed by atoms with E-state index in [2.05, 4.69) is 11.4 Å². The third kappa shape index (κ3) is 5.85. The Morgan fingerprint density at radius 3 is 2.37 bits per heavy atom. The molecule has 2 aromatic carbocycles. The van der Waals surface area contributed by atoms with Crippen molar-refractivity contribution in [2.24, 2.45) is 0 Å². The molecule has 30 heavy (non-hydrogen) atoms. The average molecular weight is 427 g/mol. The van der Waals surface area contributed by atoms with Crippen molar-refractivity contribution in [2.45, 2.75) is 71.5 Å². The topological polar surface area (TPSA) is 49.4 Å². The summed E-state index contributed by atoms with van der Waals surface area (Å²) in [7, 11) is 0. The first-order valence-corrected chi connectivity index (χ1v) is 11.1. The second-order valence-electron chi connectivity index (χ2n) is 8.45. The zero-order valence-corrected chi connectivity index (χ0v) is 18.8. The molecule has 0 unspecified atom stereocenters. The van der Waals surface area contributed by atoms with E-state index in [0.717, 1.165) is 47.9 Å². The molecule has 0 spiro atoms. The molecule has 1 aliphatic rings. The van der Waals surface area contributed by atoms with E-state index in [1.807, 2.05) is 50.2 Å². The van der Waals surface area contributed by atoms with Gasteiger partial charge in [0.1, 0.15) is 6.04 Å². The largest absolute Gasteiger partial charge is 0.352 e. The molecule has 160 valence electrons. The molecule has 5 heteroatoms. The maximum absolute atomic E-state index is 13.3. The predicted octanol–water partition coefficient (Wildman–Crippen LogP) is 4.98. The standard InChI is InChI=1S/C25H31ClN2O2/c1-17-12-18(2)14-20(13-17)15-24(29)28(16-21-8-4-7-11-23(21)26)19(3)25(30)27-22-9-5-6-10-22/h4,7-8,11-14,19,22H,5-6,9-10,15-16H2,1-3H3,(H,27,30)/t19-/m1/s1. The van der Waals surface area contributed by atoms with Crippen LogP contribution in [0.2, 0.25) is 5.02 Å². The zero-order chi connectivity index (χ0) is 21.7. The summed E-state index contributed by atoms with van der Waals surface area (Å²) in [6.07, 6.45) is 4.58. The van der Waals surface area contributed by atoms with Gasteiger partial charge < -0.3 is 10.2 Å². The van der Waals surface area contributed by atoms with Gasteiger partial charge in [-0.25, -0.2) is 0 Å². The zero-order valence-electron chi connectivity index (χ0n) is 18.1. The van der Waals surface area contributed by atoms with Gasteiger partial charge in [0, 0.05) is 17.6 Å². The lowest BCUT2D eigenvalue weighted by Gasteiger charge is -2.30. The van der Waals surface area contributed by atoms with Gasteiger partial charge in [0.05, 0.1) is 6.42 Å². The maximum atomic E-state index is 13.3. The van der Waals surface area contributed by atoms with Gasteiger partial charge in [-0.2, -0.15) is 0 Å². The third-order valence-electron chi connectivity index (χ3n) is 5.80. The summed E-state index contributed by atoms with van der Waals surface area (Å²) in [6, 6.07) is 13.3. The summed E-state index contributed by atoms with van der Waals surface area (Å²) in [5.41, 5.74) is 4.06. The van der Waals surface area contributed by atoms with Gasteiger partial charge >= 0.3 is 0 Å². The van der Waals surface area contributed by atoms with E-state index in [0.29, 0.717) is 11.6 Å².